The Hall–Kier alpha value is -1.57. The van der Waals surface area contributed by atoms with E-state index >= 15 is 0 Å². The highest BCUT2D eigenvalue weighted by Crippen LogP contribution is 2.37. The van der Waals surface area contributed by atoms with Crippen LogP contribution in [0.2, 0.25) is 0 Å². The first-order valence-corrected chi connectivity index (χ1v) is 7.46. The van der Waals surface area contributed by atoms with Gasteiger partial charge in [-0.1, -0.05) is 20.8 Å². The van der Waals surface area contributed by atoms with Gasteiger partial charge in [-0.05, 0) is 7.05 Å². The molecule has 0 bridgehead atoms. The Labute approximate surface area is 133 Å². The Kier molecular flexibility index (Phi) is 4.75. The minimum Gasteiger partial charge on any atom is -0.443 e. The molecule has 1 aliphatic rings. The number of amides is 1. The number of hydrogen-bond donors (Lipinski definition) is 1. The van der Waals surface area contributed by atoms with Gasteiger partial charge in [0.1, 0.15) is 5.76 Å². The van der Waals surface area contributed by atoms with E-state index in [0.717, 1.165) is 0 Å². The summed E-state index contributed by atoms with van der Waals surface area (Å²) in [5, 5.41) is 2.51. The minimum absolute atomic E-state index is 0.0142. The lowest BCUT2D eigenvalue weighted by molar-refractivity contribution is -0.183. The van der Waals surface area contributed by atoms with Gasteiger partial charge in [-0.15, -0.1) is 0 Å². The van der Waals surface area contributed by atoms with Gasteiger partial charge in [0.2, 0.25) is 11.8 Å². The van der Waals surface area contributed by atoms with Crippen LogP contribution in [0, 0.1) is 11.8 Å². The fraction of sp³-hybridized carbons (Fsp3) is 0.733. The maximum Gasteiger partial charge on any atom is 0.393 e. The Morgan fingerprint density at radius 3 is 2.57 bits per heavy atom. The fourth-order valence-electron chi connectivity index (χ4n) is 2.63. The number of nitrogens with one attached hydrogen (secondary N) is 1. The molecule has 1 aromatic rings. The average Bonchev–Trinajstić information content (AvgIpc) is 3.00. The lowest BCUT2D eigenvalue weighted by atomic mass is 9.94. The molecule has 2 heterocycles. The van der Waals surface area contributed by atoms with Gasteiger partial charge < -0.3 is 14.6 Å². The largest absolute Gasteiger partial charge is 0.443 e. The number of carbonyl (C=O) groups is 1. The monoisotopic (exact) mass is 333 g/mol. The van der Waals surface area contributed by atoms with Crippen molar-refractivity contribution in [2.45, 2.75) is 38.9 Å². The number of alkyl halides is 3. The molecule has 1 N–H and O–H groups in total. The summed E-state index contributed by atoms with van der Waals surface area (Å²) in [6, 6.07) is 0. The van der Waals surface area contributed by atoms with Gasteiger partial charge in [-0.25, -0.2) is 4.98 Å². The lowest BCUT2D eigenvalue weighted by Crippen LogP contribution is -2.39. The van der Waals surface area contributed by atoms with Crippen LogP contribution >= 0.6 is 0 Å². The molecular formula is C15H22F3N3O2. The zero-order valence-corrected chi connectivity index (χ0v) is 13.7. The second kappa shape index (κ2) is 6.14. The fourth-order valence-corrected chi connectivity index (χ4v) is 2.63. The maximum atomic E-state index is 13.0. The van der Waals surface area contributed by atoms with E-state index in [1.807, 2.05) is 20.8 Å². The van der Waals surface area contributed by atoms with Gasteiger partial charge in [0.15, 0.2) is 0 Å². The predicted molar refractivity (Wildman–Crippen MR) is 77.6 cm³/mol. The third-order valence-electron chi connectivity index (χ3n) is 3.97. The molecule has 8 heteroatoms. The molecule has 0 radical (unpaired) electrons. The number of hydrogen-bond acceptors (Lipinski definition) is 4. The topological polar surface area (TPSA) is 58.4 Å². The minimum atomic E-state index is -4.38. The van der Waals surface area contributed by atoms with Crippen LogP contribution in [-0.4, -0.2) is 42.1 Å². The molecule has 0 aromatic carbocycles. The van der Waals surface area contributed by atoms with Crippen molar-refractivity contribution in [2.24, 2.45) is 11.8 Å². The van der Waals surface area contributed by atoms with E-state index in [1.54, 1.807) is 13.2 Å². The van der Waals surface area contributed by atoms with Crippen molar-refractivity contribution in [3.8, 4) is 0 Å². The zero-order valence-electron chi connectivity index (χ0n) is 13.7. The van der Waals surface area contributed by atoms with Crippen molar-refractivity contribution < 1.29 is 22.4 Å². The van der Waals surface area contributed by atoms with E-state index in [4.69, 9.17) is 4.42 Å². The molecule has 1 saturated heterocycles. The van der Waals surface area contributed by atoms with E-state index in [-0.39, 0.29) is 30.9 Å². The molecular weight excluding hydrogens is 311 g/mol. The van der Waals surface area contributed by atoms with Crippen LogP contribution in [-0.2, 0) is 16.8 Å². The van der Waals surface area contributed by atoms with Crippen molar-refractivity contribution in [3.05, 3.63) is 17.8 Å². The summed E-state index contributed by atoms with van der Waals surface area (Å²) in [5.41, 5.74) is -0.217. The Bertz CT molecular complexity index is 563. The lowest BCUT2D eigenvalue weighted by Gasteiger charge is -2.20. The summed E-state index contributed by atoms with van der Waals surface area (Å²) in [6.07, 6.45) is -2.81. The molecule has 1 amide bonds. The van der Waals surface area contributed by atoms with Crippen molar-refractivity contribution in [3.63, 3.8) is 0 Å². The highest BCUT2D eigenvalue weighted by molar-refractivity contribution is 5.79. The van der Waals surface area contributed by atoms with E-state index in [0.29, 0.717) is 5.76 Å². The van der Waals surface area contributed by atoms with Crippen molar-refractivity contribution in [1.82, 2.24) is 15.2 Å². The van der Waals surface area contributed by atoms with Crippen LogP contribution in [0.25, 0.3) is 0 Å². The number of rotatable bonds is 3. The first-order chi connectivity index (χ1) is 10.5. The van der Waals surface area contributed by atoms with E-state index in [2.05, 4.69) is 10.3 Å². The molecule has 23 heavy (non-hydrogen) atoms. The molecule has 2 atom stereocenters. The molecule has 5 nitrogen and oxygen atoms in total. The van der Waals surface area contributed by atoms with Crippen LogP contribution in [0.15, 0.2) is 10.6 Å². The van der Waals surface area contributed by atoms with E-state index < -0.39 is 23.9 Å². The van der Waals surface area contributed by atoms with Gasteiger partial charge in [-0.3, -0.25) is 4.79 Å². The summed E-state index contributed by atoms with van der Waals surface area (Å²) >= 11 is 0. The molecule has 0 saturated carbocycles. The molecule has 1 fully saturated rings. The SMILES string of the molecule is CN1C[C@@H](C(F)(F)F)[C@H](C(=O)NCc2ncc(C(C)(C)C)o2)C1. The summed E-state index contributed by atoms with van der Waals surface area (Å²) in [6.45, 7) is 5.79. The Balaban J connectivity index is 1.98. The van der Waals surface area contributed by atoms with Gasteiger partial charge in [0.05, 0.1) is 24.6 Å². The maximum absolute atomic E-state index is 13.0. The molecule has 0 aliphatic carbocycles. The van der Waals surface area contributed by atoms with Gasteiger partial charge in [0.25, 0.3) is 0 Å². The van der Waals surface area contributed by atoms with Gasteiger partial charge >= 0.3 is 6.18 Å². The molecule has 1 aliphatic heterocycles. The van der Waals surface area contributed by atoms with Crippen LogP contribution in [0.3, 0.4) is 0 Å². The first-order valence-electron chi connectivity index (χ1n) is 7.46. The van der Waals surface area contributed by atoms with Crippen molar-refractivity contribution in [1.29, 1.82) is 0 Å². The second-order valence-corrected chi connectivity index (χ2v) is 7.06. The third kappa shape index (κ3) is 4.25. The van der Waals surface area contributed by atoms with E-state index in [9.17, 15) is 18.0 Å². The standard InChI is InChI=1S/C15H22F3N3O2/c1-14(2,3)11-5-19-12(23-11)6-20-13(22)9-7-21(4)8-10(9)15(16,17)18/h5,9-10H,6-8H2,1-4H3,(H,20,22)/t9-,10-/m1/s1. The van der Waals surface area contributed by atoms with Gasteiger partial charge in [0, 0.05) is 18.5 Å². The van der Waals surface area contributed by atoms with Crippen molar-refractivity contribution >= 4 is 5.91 Å². The van der Waals surface area contributed by atoms with Crippen LogP contribution in [0.1, 0.15) is 32.4 Å². The highest BCUT2D eigenvalue weighted by atomic mass is 19.4. The summed E-state index contributed by atoms with van der Waals surface area (Å²) in [7, 11) is 1.58. The summed E-state index contributed by atoms with van der Waals surface area (Å²) in [5.74, 6) is -2.40. The number of halogens is 3. The smallest absolute Gasteiger partial charge is 0.393 e. The summed E-state index contributed by atoms with van der Waals surface area (Å²) in [4.78, 5) is 17.7. The Morgan fingerprint density at radius 2 is 2.04 bits per heavy atom. The quantitative estimate of drug-likeness (QED) is 0.922. The molecule has 2 rings (SSSR count). The first kappa shape index (κ1) is 17.8. The second-order valence-electron chi connectivity index (χ2n) is 7.06. The van der Waals surface area contributed by atoms with Crippen LogP contribution in [0.5, 0.6) is 0 Å². The predicted octanol–water partition coefficient (Wildman–Crippen LogP) is 2.33. The summed E-state index contributed by atoms with van der Waals surface area (Å²) < 4.78 is 44.5. The number of aromatic nitrogens is 1. The third-order valence-corrected chi connectivity index (χ3v) is 3.97. The number of oxazole rings is 1. The van der Waals surface area contributed by atoms with E-state index in [1.165, 1.54) is 4.90 Å². The normalized spacial score (nSPS) is 23.3. The number of nitrogens with zero attached hydrogens (tertiary/aromatic N) is 2. The molecule has 130 valence electrons. The van der Waals surface area contributed by atoms with Crippen molar-refractivity contribution in [2.75, 3.05) is 20.1 Å². The molecule has 0 unspecified atom stereocenters. The van der Waals surface area contributed by atoms with Crippen LogP contribution < -0.4 is 5.32 Å². The number of likely N-dealkylation sites (tertiary alicyclic amines) is 1. The molecule has 1 aromatic heterocycles. The molecule has 0 spiro atoms. The Morgan fingerprint density at radius 1 is 1.39 bits per heavy atom. The number of carbonyl (C=O) groups excluding carboxylic acids is 1. The average molecular weight is 333 g/mol. The zero-order chi connectivity index (χ0) is 17.4. The highest BCUT2D eigenvalue weighted by Gasteiger charge is 2.51. The van der Waals surface area contributed by atoms with Crippen LogP contribution in [0.4, 0.5) is 13.2 Å². The van der Waals surface area contributed by atoms with Gasteiger partial charge in [-0.2, -0.15) is 13.2 Å².